The smallest absolute Gasteiger partial charge is 0.230 e. The summed E-state index contributed by atoms with van der Waals surface area (Å²) >= 11 is 0. The van der Waals surface area contributed by atoms with Crippen LogP contribution < -0.4 is 5.32 Å². The summed E-state index contributed by atoms with van der Waals surface area (Å²) in [5.74, 6) is -0.444. The van der Waals surface area contributed by atoms with Gasteiger partial charge in [0.05, 0.1) is 19.2 Å². The van der Waals surface area contributed by atoms with Crippen molar-refractivity contribution in [1.82, 2.24) is 15.0 Å². The Hall–Kier alpha value is -3.35. The van der Waals surface area contributed by atoms with Crippen molar-refractivity contribution in [1.29, 1.82) is 0 Å². The third-order valence-electron chi connectivity index (χ3n) is 3.15. The lowest BCUT2D eigenvalue weighted by atomic mass is 10.1. The van der Waals surface area contributed by atoms with Crippen molar-refractivity contribution in [2.45, 2.75) is 6.42 Å². The largest absolute Gasteiger partial charge is 0.497 e. The Morgan fingerprint density at radius 2 is 2.20 bits per heavy atom. The van der Waals surface area contributed by atoms with Gasteiger partial charge < -0.3 is 10.1 Å². The standard InChI is InChI=1S/C18H17FN4O2/c1-12(19)7-15(13(2)25-3)16-9-17(22-11-21-16)23-18(24)8-14-5-4-6-20-10-14/h4-7,9-11H,1-2,8H2,3H3,(H,21,22,23,24)/b15-7+. The first-order chi connectivity index (χ1) is 12.0. The molecule has 2 rings (SSSR count). The minimum atomic E-state index is -0.672. The molecule has 25 heavy (non-hydrogen) atoms. The number of nitrogens with zero attached hydrogens (tertiary/aromatic N) is 3. The van der Waals surface area contributed by atoms with Gasteiger partial charge >= 0.3 is 0 Å². The monoisotopic (exact) mass is 340 g/mol. The molecule has 2 aromatic heterocycles. The van der Waals surface area contributed by atoms with Crippen molar-refractivity contribution in [3.63, 3.8) is 0 Å². The number of carbonyl (C=O) groups excluding carboxylic acids is 1. The zero-order chi connectivity index (χ0) is 18.2. The van der Waals surface area contributed by atoms with Crippen molar-refractivity contribution >= 4 is 17.3 Å². The van der Waals surface area contributed by atoms with Crippen LogP contribution in [-0.4, -0.2) is 28.0 Å². The van der Waals surface area contributed by atoms with E-state index in [0.29, 0.717) is 11.3 Å². The molecule has 128 valence electrons. The molecular formula is C18H17FN4O2. The third-order valence-corrected chi connectivity index (χ3v) is 3.15. The van der Waals surface area contributed by atoms with Gasteiger partial charge in [0.1, 0.15) is 23.7 Å². The molecule has 1 amide bonds. The Kier molecular flexibility index (Phi) is 6.11. The highest BCUT2D eigenvalue weighted by molar-refractivity contribution is 5.91. The van der Waals surface area contributed by atoms with E-state index >= 15 is 0 Å². The number of amides is 1. The third kappa shape index (κ3) is 5.35. The van der Waals surface area contributed by atoms with Crippen LogP contribution in [-0.2, 0) is 16.0 Å². The molecule has 0 fully saturated rings. The average Bonchev–Trinajstić information content (AvgIpc) is 2.60. The van der Waals surface area contributed by atoms with E-state index in [9.17, 15) is 9.18 Å². The van der Waals surface area contributed by atoms with Crippen LogP contribution in [0.25, 0.3) is 5.57 Å². The van der Waals surface area contributed by atoms with Crippen LogP contribution in [0.1, 0.15) is 11.3 Å². The summed E-state index contributed by atoms with van der Waals surface area (Å²) in [6, 6.07) is 5.05. The van der Waals surface area contributed by atoms with Gasteiger partial charge in [-0.05, 0) is 17.7 Å². The van der Waals surface area contributed by atoms with E-state index in [1.54, 1.807) is 24.5 Å². The predicted molar refractivity (Wildman–Crippen MR) is 93.0 cm³/mol. The summed E-state index contributed by atoms with van der Waals surface area (Å²) < 4.78 is 18.2. The molecule has 0 saturated carbocycles. The number of allylic oxidation sites excluding steroid dienone is 3. The highest BCUT2D eigenvalue weighted by Crippen LogP contribution is 2.23. The van der Waals surface area contributed by atoms with Crippen molar-refractivity contribution in [3.8, 4) is 0 Å². The zero-order valence-corrected chi connectivity index (χ0v) is 13.7. The molecule has 0 radical (unpaired) electrons. The Labute approximate surface area is 144 Å². The van der Waals surface area contributed by atoms with Crippen molar-refractivity contribution < 1.29 is 13.9 Å². The summed E-state index contributed by atoms with van der Waals surface area (Å²) in [4.78, 5) is 24.1. The number of ether oxygens (including phenoxy) is 1. The van der Waals surface area contributed by atoms with Crippen LogP contribution >= 0.6 is 0 Å². The maximum absolute atomic E-state index is 13.2. The quantitative estimate of drug-likeness (QED) is 0.619. The molecule has 0 atom stereocenters. The Morgan fingerprint density at radius 1 is 1.40 bits per heavy atom. The van der Waals surface area contributed by atoms with E-state index < -0.39 is 5.83 Å². The number of methoxy groups -OCH3 is 1. The molecular weight excluding hydrogens is 323 g/mol. The first-order valence-corrected chi connectivity index (χ1v) is 7.30. The summed E-state index contributed by atoms with van der Waals surface area (Å²) in [6.07, 6.45) is 5.80. The fourth-order valence-corrected chi connectivity index (χ4v) is 2.01. The molecule has 0 aliphatic rings. The summed E-state index contributed by atoms with van der Waals surface area (Å²) in [5, 5.41) is 2.66. The van der Waals surface area contributed by atoms with E-state index in [4.69, 9.17) is 4.74 Å². The van der Waals surface area contributed by atoms with Crippen molar-refractivity contribution in [3.05, 3.63) is 79.0 Å². The first kappa shape index (κ1) is 18.0. The maximum atomic E-state index is 13.2. The lowest BCUT2D eigenvalue weighted by Crippen LogP contribution is -2.15. The maximum Gasteiger partial charge on any atom is 0.230 e. The van der Waals surface area contributed by atoms with Gasteiger partial charge in [0.25, 0.3) is 0 Å². The molecule has 0 aliphatic heterocycles. The van der Waals surface area contributed by atoms with Gasteiger partial charge in [-0.1, -0.05) is 19.2 Å². The molecule has 0 aliphatic carbocycles. The van der Waals surface area contributed by atoms with Gasteiger partial charge in [0, 0.05) is 24.0 Å². The topological polar surface area (TPSA) is 77.0 Å². The number of nitrogens with one attached hydrogen (secondary N) is 1. The van der Waals surface area contributed by atoms with Crippen molar-refractivity contribution in [2.75, 3.05) is 12.4 Å². The summed E-state index contributed by atoms with van der Waals surface area (Å²) in [6.45, 7) is 6.89. The highest BCUT2D eigenvalue weighted by atomic mass is 19.1. The second-order valence-corrected chi connectivity index (χ2v) is 5.01. The van der Waals surface area contributed by atoms with Gasteiger partial charge in [0.2, 0.25) is 5.91 Å². The molecule has 0 bridgehead atoms. The second kappa shape index (κ2) is 8.49. The van der Waals surface area contributed by atoms with Gasteiger partial charge in [-0.3, -0.25) is 9.78 Å². The van der Waals surface area contributed by atoms with Crippen LogP contribution in [0.15, 0.2) is 67.7 Å². The Bertz CT molecular complexity index is 819. The minimum absolute atomic E-state index is 0.155. The lowest BCUT2D eigenvalue weighted by molar-refractivity contribution is -0.115. The first-order valence-electron chi connectivity index (χ1n) is 7.30. The van der Waals surface area contributed by atoms with Crippen LogP contribution in [0.3, 0.4) is 0 Å². The van der Waals surface area contributed by atoms with E-state index in [0.717, 1.165) is 11.6 Å². The molecule has 7 heteroatoms. The van der Waals surface area contributed by atoms with E-state index in [1.807, 2.05) is 0 Å². The molecule has 0 saturated heterocycles. The van der Waals surface area contributed by atoms with E-state index in [-0.39, 0.29) is 23.9 Å². The fraction of sp³-hybridized carbons (Fsp3) is 0.111. The SMILES string of the molecule is C=C(F)/C=C(\C(=C)OC)c1cc(NC(=O)Cc2cccnc2)ncn1. The Morgan fingerprint density at radius 3 is 2.84 bits per heavy atom. The molecule has 2 heterocycles. The van der Waals surface area contributed by atoms with Crippen molar-refractivity contribution in [2.24, 2.45) is 0 Å². The minimum Gasteiger partial charge on any atom is -0.497 e. The van der Waals surface area contributed by atoms with Gasteiger partial charge in [-0.15, -0.1) is 0 Å². The Balaban J connectivity index is 2.18. The molecule has 0 aromatic carbocycles. The number of anilines is 1. The summed E-state index contributed by atoms with van der Waals surface area (Å²) in [5.41, 5.74) is 1.42. The second-order valence-electron chi connectivity index (χ2n) is 5.01. The van der Waals surface area contributed by atoms with Crippen LogP contribution in [0.4, 0.5) is 10.2 Å². The van der Waals surface area contributed by atoms with Crippen LogP contribution in [0, 0.1) is 0 Å². The average molecular weight is 340 g/mol. The van der Waals surface area contributed by atoms with Gasteiger partial charge in [-0.2, -0.15) is 0 Å². The van der Waals surface area contributed by atoms with Gasteiger partial charge in [0.15, 0.2) is 0 Å². The van der Waals surface area contributed by atoms with Crippen LogP contribution in [0.2, 0.25) is 0 Å². The molecule has 0 spiro atoms. The van der Waals surface area contributed by atoms with Gasteiger partial charge in [-0.25, -0.2) is 14.4 Å². The van der Waals surface area contributed by atoms with E-state index in [1.165, 1.54) is 19.5 Å². The number of halogens is 1. The number of aromatic nitrogens is 3. The molecule has 6 nitrogen and oxygen atoms in total. The number of pyridine rings is 1. The predicted octanol–water partition coefficient (Wildman–Crippen LogP) is 3.08. The zero-order valence-electron chi connectivity index (χ0n) is 13.7. The van der Waals surface area contributed by atoms with Crippen LogP contribution in [0.5, 0.6) is 0 Å². The normalized spacial score (nSPS) is 10.9. The number of carbonyl (C=O) groups is 1. The fourth-order valence-electron chi connectivity index (χ4n) is 2.01. The van der Waals surface area contributed by atoms with E-state index in [2.05, 4.69) is 33.4 Å². The number of rotatable bonds is 7. The number of hydrogen-bond acceptors (Lipinski definition) is 5. The number of hydrogen-bond donors (Lipinski definition) is 1. The molecule has 2 aromatic rings. The summed E-state index contributed by atoms with van der Waals surface area (Å²) in [7, 11) is 1.41. The molecule has 0 unspecified atom stereocenters. The highest BCUT2D eigenvalue weighted by Gasteiger charge is 2.12. The molecule has 1 N–H and O–H groups in total. The lowest BCUT2D eigenvalue weighted by Gasteiger charge is -2.10.